The number of para-hydroxylation sites is 1. The molecule has 2 amide bonds. The molecule has 0 radical (unpaired) electrons. The molecule has 1 aliphatic rings. The molecule has 0 heterocycles. The van der Waals surface area contributed by atoms with Crippen LogP contribution in [0, 0.1) is 11.8 Å². The predicted octanol–water partition coefficient (Wildman–Crippen LogP) is 2.83. The zero-order valence-corrected chi connectivity index (χ0v) is 12.2. The van der Waals surface area contributed by atoms with E-state index < -0.39 is 0 Å². The molecule has 1 aromatic rings. The molecule has 2 N–H and O–H groups in total. The molecule has 2 atom stereocenters. The number of rotatable bonds is 6. The maximum atomic E-state index is 12.0. The van der Waals surface area contributed by atoms with E-state index in [0.29, 0.717) is 23.7 Å². The third kappa shape index (κ3) is 3.73. The molecule has 0 bridgehead atoms. The number of halogens is 1. The summed E-state index contributed by atoms with van der Waals surface area (Å²) in [5, 5.41) is 6.14. The Morgan fingerprint density at radius 3 is 2.65 bits per heavy atom. The lowest BCUT2D eigenvalue weighted by molar-refractivity contribution is -0.125. The van der Waals surface area contributed by atoms with Crippen molar-refractivity contribution in [3.8, 4) is 0 Å². The smallest absolute Gasteiger partial charge is 0.228 e. The van der Waals surface area contributed by atoms with Crippen LogP contribution in [0.5, 0.6) is 0 Å². The molecule has 1 fully saturated rings. The van der Waals surface area contributed by atoms with Gasteiger partial charge in [-0.25, -0.2) is 0 Å². The number of anilines is 1. The van der Waals surface area contributed by atoms with Gasteiger partial charge in [0.1, 0.15) is 0 Å². The highest BCUT2D eigenvalue weighted by Gasteiger charge is 2.47. The second-order valence-corrected chi connectivity index (χ2v) is 5.47. The molecule has 0 saturated heterocycles. The van der Waals surface area contributed by atoms with E-state index in [9.17, 15) is 9.59 Å². The first kappa shape index (κ1) is 14.9. The Morgan fingerprint density at radius 1 is 1.25 bits per heavy atom. The monoisotopic (exact) mass is 294 g/mol. The van der Waals surface area contributed by atoms with Gasteiger partial charge in [-0.3, -0.25) is 9.59 Å². The Balaban J connectivity index is 1.81. The molecule has 4 nitrogen and oxygen atoms in total. The molecule has 0 aliphatic heterocycles. The minimum Gasteiger partial charge on any atom is -0.356 e. The third-order valence-electron chi connectivity index (χ3n) is 3.43. The first-order valence-corrected chi connectivity index (χ1v) is 7.34. The summed E-state index contributed by atoms with van der Waals surface area (Å²) in [6.45, 7) is 2.76. The lowest BCUT2D eigenvalue weighted by Crippen LogP contribution is -2.28. The van der Waals surface area contributed by atoms with E-state index in [4.69, 9.17) is 11.6 Å². The SMILES string of the molecule is CCCCNC(=O)C1CC1C(=O)Nc1ccccc1Cl. The maximum Gasteiger partial charge on any atom is 0.228 e. The maximum absolute atomic E-state index is 12.0. The number of unbranched alkanes of at least 4 members (excludes halogenated alkanes) is 1. The summed E-state index contributed by atoms with van der Waals surface area (Å²) < 4.78 is 0. The molecule has 2 unspecified atom stereocenters. The van der Waals surface area contributed by atoms with Crippen molar-refractivity contribution in [2.45, 2.75) is 26.2 Å². The van der Waals surface area contributed by atoms with E-state index in [1.807, 2.05) is 6.07 Å². The van der Waals surface area contributed by atoms with Crippen LogP contribution in [-0.2, 0) is 9.59 Å². The van der Waals surface area contributed by atoms with Crippen LogP contribution in [0.15, 0.2) is 24.3 Å². The minimum absolute atomic E-state index is 0.0160. The Morgan fingerprint density at radius 2 is 1.95 bits per heavy atom. The number of amides is 2. The molecular weight excluding hydrogens is 276 g/mol. The van der Waals surface area contributed by atoms with E-state index in [-0.39, 0.29) is 23.7 Å². The Kier molecular flexibility index (Phi) is 5.01. The van der Waals surface area contributed by atoms with Gasteiger partial charge in [0.05, 0.1) is 22.5 Å². The van der Waals surface area contributed by atoms with Gasteiger partial charge < -0.3 is 10.6 Å². The van der Waals surface area contributed by atoms with E-state index in [1.165, 1.54) is 0 Å². The average molecular weight is 295 g/mol. The number of carbonyl (C=O) groups is 2. The van der Waals surface area contributed by atoms with Crippen molar-refractivity contribution in [2.24, 2.45) is 11.8 Å². The van der Waals surface area contributed by atoms with Crippen LogP contribution in [0.2, 0.25) is 5.02 Å². The van der Waals surface area contributed by atoms with Crippen molar-refractivity contribution in [1.29, 1.82) is 0 Å². The van der Waals surface area contributed by atoms with Crippen LogP contribution in [0.1, 0.15) is 26.2 Å². The largest absolute Gasteiger partial charge is 0.356 e. The number of benzene rings is 1. The topological polar surface area (TPSA) is 58.2 Å². The molecule has 0 spiro atoms. The van der Waals surface area contributed by atoms with Crippen LogP contribution < -0.4 is 10.6 Å². The highest BCUT2D eigenvalue weighted by Crippen LogP contribution is 2.39. The van der Waals surface area contributed by atoms with Crippen molar-refractivity contribution < 1.29 is 9.59 Å². The van der Waals surface area contributed by atoms with Gasteiger partial charge in [-0.2, -0.15) is 0 Å². The molecule has 2 rings (SSSR count). The normalized spacial score (nSPS) is 20.3. The number of hydrogen-bond donors (Lipinski definition) is 2. The quantitative estimate of drug-likeness (QED) is 0.793. The lowest BCUT2D eigenvalue weighted by Gasteiger charge is -2.07. The van der Waals surface area contributed by atoms with Gasteiger partial charge in [0.2, 0.25) is 11.8 Å². The van der Waals surface area contributed by atoms with Crippen LogP contribution in [0.3, 0.4) is 0 Å². The summed E-state index contributed by atoms with van der Waals surface area (Å²) in [6.07, 6.45) is 2.63. The van der Waals surface area contributed by atoms with Crippen LogP contribution in [0.25, 0.3) is 0 Å². The minimum atomic E-state index is -0.229. The zero-order valence-electron chi connectivity index (χ0n) is 11.5. The third-order valence-corrected chi connectivity index (χ3v) is 3.75. The highest BCUT2D eigenvalue weighted by atomic mass is 35.5. The second-order valence-electron chi connectivity index (χ2n) is 5.06. The van der Waals surface area contributed by atoms with Crippen molar-refractivity contribution >= 4 is 29.1 Å². The number of nitrogens with one attached hydrogen (secondary N) is 2. The molecular formula is C15H19ClN2O2. The fourth-order valence-corrected chi connectivity index (χ4v) is 2.26. The van der Waals surface area contributed by atoms with Crippen molar-refractivity contribution in [3.05, 3.63) is 29.3 Å². The molecule has 1 aliphatic carbocycles. The van der Waals surface area contributed by atoms with Crippen LogP contribution in [0.4, 0.5) is 5.69 Å². The molecule has 108 valence electrons. The molecule has 1 aromatic carbocycles. The zero-order chi connectivity index (χ0) is 14.5. The lowest BCUT2D eigenvalue weighted by atomic mass is 10.2. The van der Waals surface area contributed by atoms with Gasteiger partial charge in [0, 0.05) is 6.54 Å². The average Bonchev–Trinajstić information content (AvgIpc) is 3.22. The van der Waals surface area contributed by atoms with E-state index >= 15 is 0 Å². The van der Waals surface area contributed by atoms with Gasteiger partial charge in [-0.05, 0) is 25.0 Å². The van der Waals surface area contributed by atoms with Gasteiger partial charge in [-0.1, -0.05) is 37.1 Å². The van der Waals surface area contributed by atoms with Gasteiger partial charge in [0.15, 0.2) is 0 Å². The van der Waals surface area contributed by atoms with E-state index in [2.05, 4.69) is 17.6 Å². The first-order valence-electron chi connectivity index (χ1n) is 6.96. The Labute approximate surface area is 123 Å². The van der Waals surface area contributed by atoms with Crippen molar-refractivity contribution in [2.75, 3.05) is 11.9 Å². The fourth-order valence-electron chi connectivity index (χ4n) is 2.08. The summed E-state index contributed by atoms with van der Waals surface area (Å²) >= 11 is 5.98. The standard InChI is InChI=1S/C15H19ClN2O2/c1-2-3-8-17-14(19)10-9-11(10)15(20)18-13-7-5-4-6-12(13)16/h4-7,10-11H,2-3,8-9H2,1H3,(H,17,19)(H,18,20). The van der Waals surface area contributed by atoms with Crippen molar-refractivity contribution in [1.82, 2.24) is 5.32 Å². The summed E-state index contributed by atoms with van der Waals surface area (Å²) in [6, 6.07) is 7.08. The predicted molar refractivity (Wildman–Crippen MR) is 79.6 cm³/mol. The molecule has 20 heavy (non-hydrogen) atoms. The van der Waals surface area contributed by atoms with E-state index in [0.717, 1.165) is 12.8 Å². The summed E-state index contributed by atoms with van der Waals surface area (Å²) in [5.41, 5.74) is 0.594. The summed E-state index contributed by atoms with van der Waals surface area (Å²) in [5.74, 6) is -0.561. The summed E-state index contributed by atoms with van der Waals surface area (Å²) in [7, 11) is 0. The fraction of sp³-hybridized carbons (Fsp3) is 0.467. The Bertz CT molecular complexity index is 504. The van der Waals surface area contributed by atoms with Crippen LogP contribution >= 0.6 is 11.6 Å². The molecule has 0 aromatic heterocycles. The second kappa shape index (κ2) is 6.75. The molecule has 5 heteroatoms. The first-order chi connectivity index (χ1) is 9.63. The molecule has 1 saturated carbocycles. The van der Waals surface area contributed by atoms with Gasteiger partial charge in [0.25, 0.3) is 0 Å². The van der Waals surface area contributed by atoms with Crippen molar-refractivity contribution in [3.63, 3.8) is 0 Å². The van der Waals surface area contributed by atoms with E-state index in [1.54, 1.807) is 18.2 Å². The number of hydrogen-bond acceptors (Lipinski definition) is 2. The number of carbonyl (C=O) groups excluding carboxylic acids is 2. The highest BCUT2D eigenvalue weighted by molar-refractivity contribution is 6.33. The van der Waals surface area contributed by atoms with Crippen LogP contribution in [-0.4, -0.2) is 18.4 Å². The Hall–Kier alpha value is -1.55. The summed E-state index contributed by atoms with van der Waals surface area (Å²) in [4.78, 5) is 23.8. The van der Waals surface area contributed by atoms with Gasteiger partial charge in [-0.15, -0.1) is 0 Å². The van der Waals surface area contributed by atoms with Gasteiger partial charge >= 0.3 is 0 Å².